The summed E-state index contributed by atoms with van der Waals surface area (Å²) in [6.07, 6.45) is 1.69. The lowest BCUT2D eigenvalue weighted by Gasteiger charge is -2.24. The first-order valence-electron chi connectivity index (χ1n) is 15.9. The van der Waals surface area contributed by atoms with Gasteiger partial charge in [0.05, 0.1) is 11.5 Å². The van der Waals surface area contributed by atoms with E-state index in [2.05, 4.69) is 4.90 Å². The van der Waals surface area contributed by atoms with E-state index >= 15 is 0 Å². The predicted molar refractivity (Wildman–Crippen MR) is 165 cm³/mol. The summed E-state index contributed by atoms with van der Waals surface area (Å²) in [7, 11) is -3.72. The average Bonchev–Trinajstić information content (AvgIpc) is 3.34. The van der Waals surface area contributed by atoms with Gasteiger partial charge in [0.2, 0.25) is 0 Å². The molecule has 0 aromatic heterocycles. The number of alkyl halides is 5. The highest BCUT2D eigenvalue weighted by atomic mass is 32.2. The maximum Gasteiger partial charge on any atom is 0.453 e. The van der Waals surface area contributed by atoms with Gasteiger partial charge in [0.1, 0.15) is 21.4 Å². The Morgan fingerprint density at radius 2 is 1.60 bits per heavy atom. The summed E-state index contributed by atoms with van der Waals surface area (Å²) in [4.78, 5) is 2.27. The minimum atomic E-state index is -5.67. The number of likely N-dealkylation sites (tertiary alicyclic amines) is 1. The van der Waals surface area contributed by atoms with E-state index in [0.717, 1.165) is 94.0 Å². The van der Waals surface area contributed by atoms with Gasteiger partial charge in [-0.15, -0.1) is 0 Å². The van der Waals surface area contributed by atoms with Crippen molar-refractivity contribution in [3.8, 4) is 5.75 Å². The van der Waals surface area contributed by atoms with Gasteiger partial charge in [-0.2, -0.15) is 22.0 Å². The molecule has 2 aliphatic rings. The van der Waals surface area contributed by atoms with Crippen molar-refractivity contribution in [3.63, 3.8) is 0 Å². The van der Waals surface area contributed by atoms with Gasteiger partial charge in [-0.25, -0.2) is 12.8 Å². The Labute approximate surface area is 262 Å². The molecule has 0 bridgehead atoms. The number of allylic oxidation sites excluding steroid dienone is 2. The zero-order chi connectivity index (χ0) is 32.7. The molecule has 0 unspecified atom stereocenters. The van der Waals surface area contributed by atoms with Crippen LogP contribution in [-0.2, 0) is 16.3 Å². The van der Waals surface area contributed by atoms with Crippen molar-refractivity contribution in [3.05, 3.63) is 65.0 Å². The average molecular weight is 660 g/mol. The van der Waals surface area contributed by atoms with E-state index in [0.29, 0.717) is 6.42 Å². The fourth-order valence-corrected chi connectivity index (χ4v) is 8.09. The molecule has 1 heterocycles. The normalized spacial score (nSPS) is 18.3. The van der Waals surface area contributed by atoms with Crippen LogP contribution in [-0.4, -0.2) is 61.2 Å². The Hall–Kier alpha value is -2.53. The number of unbranched alkanes of at least 4 members (excludes halogenated alkanes) is 3. The molecule has 4 rings (SSSR count). The lowest BCUT2D eigenvalue weighted by Crippen LogP contribution is -2.36. The molecule has 0 saturated carbocycles. The van der Waals surface area contributed by atoms with E-state index in [4.69, 9.17) is 0 Å². The minimum Gasteiger partial charge on any atom is -0.508 e. The second-order valence-electron chi connectivity index (χ2n) is 12.4. The highest BCUT2D eigenvalue weighted by molar-refractivity contribution is 7.91. The molecule has 0 spiro atoms. The van der Waals surface area contributed by atoms with Crippen molar-refractivity contribution in [2.24, 2.45) is 0 Å². The van der Waals surface area contributed by atoms with Crippen LogP contribution in [0, 0.1) is 5.82 Å². The number of hydrogen-bond acceptors (Lipinski definition) is 4. The lowest BCUT2D eigenvalue weighted by atomic mass is 9.89. The van der Waals surface area contributed by atoms with Crippen molar-refractivity contribution in [1.29, 1.82) is 0 Å². The Bertz CT molecular complexity index is 1410. The maximum atomic E-state index is 13.7. The summed E-state index contributed by atoms with van der Waals surface area (Å²) in [6, 6.07) is 12.3. The Kier molecular flexibility index (Phi) is 12.1. The Balaban J connectivity index is 1.25. The van der Waals surface area contributed by atoms with E-state index in [1.165, 1.54) is 23.3 Å². The summed E-state index contributed by atoms with van der Waals surface area (Å²) in [5, 5.41) is 10.1. The Morgan fingerprint density at radius 1 is 0.867 bits per heavy atom. The highest BCUT2D eigenvalue weighted by Crippen LogP contribution is 2.40. The first kappa shape index (κ1) is 35.3. The second-order valence-corrected chi connectivity index (χ2v) is 14.7. The van der Waals surface area contributed by atoms with Gasteiger partial charge in [0.25, 0.3) is 0 Å². The number of rotatable bonds is 15. The van der Waals surface area contributed by atoms with E-state index in [1.54, 1.807) is 6.07 Å². The van der Waals surface area contributed by atoms with E-state index in [1.807, 2.05) is 24.3 Å². The summed E-state index contributed by atoms with van der Waals surface area (Å²) < 4.78 is 102. The van der Waals surface area contributed by atoms with Crippen LogP contribution in [0.3, 0.4) is 0 Å². The van der Waals surface area contributed by atoms with Gasteiger partial charge >= 0.3 is 12.1 Å². The number of halogens is 6. The van der Waals surface area contributed by atoms with Crippen LogP contribution in [0.5, 0.6) is 5.75 Å². The number of phenols is 1. The number of benzene rings is 2. The van der Waals surface area contributed by atoms with Crippen LogP contribution in [0.2, 0.25) is 0 Å². The first-order valence-corrected chi connectivity index (χ1v) is 17.8. The number of sulfone groups is 1. The molecule has 1 aliphatic heterocycles. The molecule has 1 aliphatic carbocycles. The van der Waals surface area contributed by atoms with Crippen molar-refractivity contribution < 1.29 is 39.9 Å². The fraction of sp³-hybridized carbons (Fsp3) is 0.588. The molecule has 4 nitrogen and oxygen atoms in total. The molecule has 1 N–H and O–H groups in total. The van der Waals surface area contributed by atoms with E-state index in [-0.39, 0.29) is 23.4 Å². The van der Waals surface area contributed by atoms with Crippen molar-refractivity contribution in [1.82, 2.24) is 4.90 Å². The minimum absolute atomic E-state index is 0.0683. The molecule has 1 atom stereocenters. The highest BCUT2D eigenvalue weighted by Gasteiger charge is 2.56. The third kappa shape index (κ3) is 9.98. The van der Waals surface area contributed by atoms with Gasteiger partial charge in [-0.3, -0.25) is 0 Å². The molecule has 1 fully saturated rings. The summed E-state index contributed by atoms with van der Waals surface area (Å²) in [5.74, 6) is -5.78. The predicted octanol–water partition coefficient (Wildman–Crippen LogP) is 8.98. The van der Waals surface area contributed by atoms with Gasteiger partial charge in [-0.05, 0) is 129 Å². The van der Waals surface area contributed by atoms with Crippen LogP contribution in [0.25, 0.3) is 11.1 Å². The molecule has 45 heavy (non-hydrogen) atoms. The quantitative estimate of drug-likeness (QED) is 0.153. The summed E-state index contributed by atoms with van der Waals surface area (Å²) in [5.41, 5.74) is 5.77. The zero-order valence-corrected chi connectivity index (χ0v) is 26.3. The van der Waals surface area contributed by atoms with E-state index in [9.17, 15) is 39.9 Å². The molecule has 2 aromatic carbocycles. The van der Waals surface area contributed by atoms with Crippen molar-refractivity contribution in [2.75, 3.05) is 24.6 Å². The molecular weight excluding hydrogens is 616 g/mol. The number of aromatic hydroxyl groups is 1. The topological polar surface area (TPSA) is 57.6 Å². The SMILES string of the molecule is O=S(=O)(CCCC(F)(F)C(F)(F)F)CC[C@H]1CCCN1CCCCCCC1=C(c2ccc(F)cc2)CCCc2cc(O)ccc21. The number of hydrogen-bond donors (Lipinski definition) is 1. The van der Waals surface area contributed by atoms with Crippen LogP contribution in [0.4, 0.5) is 26.3 Å². The third-order valence-electron chi connectivity index (χ3n) is 9.09. The van der Waals surface area contributed by atoms with E-state index < -0.39 is 40.5 Å². The molecule has 250 valence electrons. The monoisotopic (exact) mass is 659 g/mol. The second kappa shape index (κ2) is 15.4. The number of aryl methyl sites for hydroxylation is 1. The first-order chi connectivity index (χ1) is 21.3. The van der Waals surface area contributed by atoms with Gasteiger partial charge in [0.15, 0.2) is 0 Å². The fourth-order valence-electron chi connectivity index (χ4n) is 6.67. The number of fused-ring (bicyclic) bond motifs is 1. The zero-order valence-electron chi connectivity index (χ0n) is 25.5. The molecule has 11 heteroatoms. The van der Waals surface area contributed by atoms with Crippen LogP contribution >= 0.6 is 0 Å². The van der Waals surface area contributed by atoms with Crippen molar-refractivity contribution >= 4 is 21.0 Å². The summed E-state index contributed by atoms with van der Waals surface area (Å²) >= 11 is 0. The van der Waals surface area contributed by atoms with Crippen LogP contribution in [0.1, 0.15) is 93.7 Å². The molecule has 1 saturated heterocycles. The summed E-state index contributed by atoms with van der Waals surface area (Å²) in [6.45, 7) is 1.69. The number of phenolic OH excluding ortho intramolecular Hbond substituents is 1. The van der Waals surface area contributed by atoms with Gasteiger partial charge < -0.3 is 10.0 Å². The smallest absolute Gasteiger partial charge is 0.453 e. The van der Waals surface area contributed by atoms with Crippen LogP contribution < -0.4 is 0 Å². The molecule has 2 aromatic rings. The third-order valence-corrected chi connectivity index (χ3v) is 10.9. The molecule has 0 radical (unpaired) electrons. The Morgan fingerprint density at radius 3 is 2.33 bits per heavy atom. The molecule has 0 amide bonds. The lowest BCUT2D eigenvalue weighted by molar-refractivity contribution is -0.284. The molecular formula is C34H43F6NO3S. The van der Waals surface area contributed by atoms with Crippen LogP contribution in [0.15, 0.2) is 42.5 Å². The largest absolute Gasteiger partial charge is 0.508 e. The van der Waals surface area contributed by atoms with Crippen molar-refractivity contribution in [2.45, 2.75) is 102 Å². The van der Waals surface area contributed by atoms with Gasteiger partial charge in [0, 0.05) is 12.5 Å². The van der Waals surface area contributed by atoms with Gasteiger partial charge in [-0.1, -0.05) is 31.0 Å². The number of nitrogens with zero attached hydrogens (tertiary/aromatic N) is 1. The standard InChI is InChI=1S/C34H43F6NO3S/c35-27-14-12-25(13-15-27)30-11-5-8-26-24-29(42)16-17-31(26)32(30)10-3-1-2-4-20-41-21-6-9-28(41)18-23-45(43,44)22-7-19-33(36,37)34(38,39)40/h12-17,24,28,42H,1-11,18-23H2/t28-/m1/s1. The maximum absolute atomic E-state index is 13.7.